The molecule has 4 rings (SSSR count). The Balaban J connectivity index is 1.85. The summed E-state index contributed by atoms with van der Waals surface area (Å²) in [5, 5.41) is 0. The molecule has 0 fully saturated rings. The molecule has 2 aromatic carbocycles. The Bertz CT molecular complexity index is 1050. The molecule has 0 aliphatic carbocycles. The number of aromatic nitrogens is 2. The number of fused-ring (bicyclic) bond motifs is 2. The van der Waals surface area contributed by atoms with Crippen LogP contribution in [0.25, 0.3) is 22.4 Å². The van der Waals surface area contributed by atoms with Gasteiger partial charge in [-0.25, -0.2) is 4.98 Å². The zero-order valence-corrected chi connectivity index (χ0v) is 16.9. The molecule has 1 aliphatic rings. The summed E-state index contributed by atoms with van der Waals surface area (Å²) in [7, 11) is 5.31. The molecule has 0 saturated heterocycles. The van der Waals surface area contributed by atoms with Crippen molar-refractivity contribution >= 4 is 22.6 Å². The number of anilines is 1. The molecule has 0 N–H and O–H groups in total. The molecular weight excluding hydrogens is 354 g/mol. The first kappa shape index (κ1) is 18.5. The zero-order chi connectivity index (χ0) is 20.1. The van der Waals surface area contributed by atoms with Crippen LogP contribution in [0.1, 0.15) is 19.4 Å². The summed E-state index contributed by atoms with van der Waals surface area (Å²) in [5.41, 5.74) is 4.30. The van der Waals surface area contributed by atoms with Crippen molar-refractivity contribution in [2.45, 2.75) is 19.3 Å². The second kappa shape index (κ2) is 6.63. The monoisotopic (exact) mass is 379 g/mol. The molecule has 0 unspecified atom stereocenters. The van der Waals surface area contributed by atoms with Crippen LogP contribution in [0.15, 0.2) is 36.4 Å². The molecule has 3 aromatic rings. The molecule has 2 heterocycles. The van der Waals surface area contributed by atoms with E-state index >= 15 is 0 Å². The summed E-state index contributed by atoms with van der Waals surface area (Å²) in [6, 6.07) is 12.0. The fourth-order valence-corrected chi connectivity index (χ4v) is 3.92. The maximum atomic E-state index is 13.0. The van der Waals surface area contributed by atoms with Crippen molar-refractivity contribution in [3.8, 4) is 17.1 Å². The van der Waals surface area contributed by atoms with E-state index in [2.05, 4.69) is 10.6 Å². The standard InChI is InChI=1S/C22H25N3O3/c1-22(2)16-12-19-17(13-18(16)25(21(22)26)10-11-27-4)23-20(24(19)3)14-6-8-15(28-5)9-7-14/h6-9,12-13H,10-11H2,1-5H3. The fourth-order valence-electron chi connectivity index (χ4n) is 3.92. The van der Waals surface area contributed by atoms with Crippen LogP contribution in [0.3, 0.4) is 0 Å². The number of imidazole rings is 1. The van der Waals surface area contributed by atoms with Crippen LogP contribution in [0.2, 0.25) is 0 Å². The fraction of sp³-hybridized carbons (Fsp3) is 0.364. The first-order valence-electron chi connectivity index (χ1n) is 9.34. The SMILES string of the molecule is COCCN1C(=O)C(C)(C)c2cc3c(cc21)nc(-c1ccc(OC)cc1)n3C. The molecule has 6 heteroatoms. The Morgan fingerprint density at radius 3 is 2.46 bits per heavy atom. The number of ether oxygens (including phenoxy) is 2. The molecule has 1 aliphatic heterocycles. The van der Waals surface area contributed by atoms with Crippen LogP contribution < -0.4 is 9.64 Å². The minimum absolute atomic E-state index is 0.102. The zero-order valence-electron chi connectivity index (χ0n) is 16.9. The topological polar surface area (TPSA) is 56.6 Å². The molecule has 0 atom stereocenters. The Hall–Kier alpha value is -2.86. The summed E-state index contributed by atoms with van der Waals surface area (Å²) in [6.45, 7) is 5.00. The Kier molecular flexibility index (Phi) is 4.38. The third-order valence-electron chi connectivity index (χ3n) is 5.61. The van der Waals surface area contributed by atoms with Crippen molar-refractivity contribution in [3.63, 3.8) is 0 Å². The van der Waals surface area contributed by atoms with Gasteiger partial charge in [-0.3, -0.25) is 4.79 Å². The first-order chi connectivity index (χ1) is 13.4. The minimum Gasteiger partial charge on any atom is -0.497 e. The highest BCUT2D eigenvalue weighted by Gasteiger charge is 2.44. The maximum Gasteiger partial charge on any atom is 0.237 e. The number of benzene rings is 2. The predicted octanol–water partition coefficient (Wildman–Crippen LogP) is 3.52. The average molecular weight is 379 g/mol. The lowest BCUT2D eigenvalue weighted by atomic mass is 9.86. The van der Waals surface area contributed by atoms with Crippen molar-refractivity contribution < 1.29 is 14.3 Å². The molecule has 6 nitrogen and oxygen atoms in total. The van der Waals surface area contributed by atoms with E-state index in [0.29, 0.717) is 13.2 Å². The van der Waals surface area contributed by atoms with Gasteiger partial charge in [-0.15, -0.1) is 0 Å². The molecular formula is C22H25N3O3. The van der Waals surface area contributed by atoms with E-state index in [9.17, 15) is 4.79 Å². The molecule has 28 heavy (non-hydrogen) atoms. The van der Waals surface area contributed by atoms with Gasteiger partial charge >= 0.3 is 0 Å². The van der Waals surface area contributed by atoms with E-state index in [1.807, 2.05) is 56.1 Å². The largest absolute Gasteiger partial charge is 0.497 e. The number of hydrogen-bond donors (Lipinski definition) is 0. The lowest BCUT2D eigenvalue weighted by molar-refractivity contribution is -0.122. The van der Waals surface area contributed by atoms with Crippen molar-refractivity contribution in [2.75, 3.05) is 32.3 Å². The molecule has 0 saturated carbocycles. The molecule has 0 spiro atoms. The number of rotatable bonds is 5. The number of aryl methyl sites for hydroxylation is 1. The van der Waals surface area contributed by atoms with Gasteiger partial charge in [0.25, 0.3) is 0 Å². The number of carbonyl (C=O) groups is 1. The minimum atomic E-state index is -0.568. The second-order valence-electron chi connectivity index (χ2n) is 7.66. The van der Waals surface area contributed by atoms with Gasteiger partial charge in [0.05, 0.1) is 35.9 Å². The van der Waals surface area contributed by atoms with Crippen LogP contribution in [-0.2, 0) is 22.0 Å². The third kappa shape index (κ3) is 2.67. The number of hydrogen-bond acceptors (Lipinski definition) is 4. The highest BCUT2D eigenvalue weighted by atomic mass is 16.5. The molecule has 1 aromatic heterocycles. The summed E-state index contributed by atoms with van der Waals surface area (Å²) in [5.74, 6) is 1.80. The van der Waals surface area contributed by atoms with E-state index in [-0.39, 0.29) is 5.91 Å². The molecule has 0 radical (unpaired) electrons. The van der Waals surface area contributed by atoms with Crippen LogP contribution >= 0.6 is 0 Å². The second-order valence-corrected chi connectivity index (χ2v) is 7.66. The average Bonchev–Trinajstić information content (AvgIpc) is 3.11. The Morgan fingerprint density at radius 2 is 1.82 bits per heavy atom. The van der Waals surface area contributed by atoms with Gasteiger partial charge in [-0.05, 0) is 55.8 Å². The lowest BCUT2D eigenvalue weighted by Gasteiger charge is -2.19. The predicted molar refractivity (Wildman–Crippen MR) is 110 cm³/mol. The first-order valence-corrected chi connectivity index (χ1v) is 9.34. The van der Waals surface area contributed by atoms with Gasteiger partial charge in [-0.1, -0.05) is 0 Å². The summed E-state index contributed by atoms with van der Waals surface area (Å²) >= 11 is 0. The van der Waals surface area contributed by atoms with E-state index in [0.717, 1.165) is 39.4 Å². The van der Waals surface area contributed by atoms with Gasteiger partial charge in [0.2, 0.25) is 5.91 Å². The molecule has 0 bridgehead atoms. The lowest BCUT2D eigenvalue weighted by Crippen LogP contribution is -2.37. The van der Waals surface area contributed by atoms with Gasteiger partial charge in [0, 0.05) is 26.3 Å². The Labute approximate surface area is 164 Å². The van der Waals surface area contributed by atoms with Crippen molar-refractivity contribution in [1.82, 2.24) is 9.55 Å². The van der Waals surface area contributed by atoms with E-state index in [4.69, 9.17) is 14.5 Å². The van der Waals surface area contributed by atoms with Gasteiger partial charge < -0.3 is 18.9 Å². The van der Waals surface area contributed by atoms with Gasteiger partial charge in [0.1, 0.15) is 11.6 Å². The smallest absolute Gasteiger partial charge is 0.237 e. The molecule has 146 valence electrons. The number of nitrogens with zero attached hydrogens (tertiary/aromatic N) is 3. The normalized spacial score (nSPS) is 15.3. The third-order valence-corrected chi connectivity index (χ3v) is 5.61. The van der Waals surface area contributed by atoms with Crippen molar-refractivity contribution in [2.24, 2.45) is 7.05 Å². The maximum absolute atomic E-state index is 13.0. The van der Waals surface area contributed by atoms with Crippen LogP contribution in [0, 0.1) is 0 Å². The summed E-state index contributed by atoms with van der Waals surface area (Å²) in [6.07, 6.45) is 0. The van der Waals surface area contributed by atoms with Crippen LogP contribution in [0.5, 0.6) is 5.75 Å². The summed E-state index contributed by atoms with van der Waals surface area (Å²) < 4.78 is 12.5. The number of carbonyl (C=O) groups excluding carboxylic acids is 1. The van der Waals surface area contributed by atoms with Crippen LogP contribution in [0.4, 0.5) is 5.69 Å². The van der Waals surface area contributed by atoms with Crippen LogP contribution in [-0.4, -0.2) is 42.8 Å². The molecule has 1 amide bonds. The highest BCUT2D eigenvalue weighted by molar-refractivity contribution is 6.09. The van der Waals surface area contributed by atoms with Gasteiger partial charge in [0.15, 0.2) is 0 Å². The Morgan fingerprint density at radius 1 is 1.11 bits per heavy atom. The summed E-state index contributed by atoms with van der Waals surface area (Å²) in [4.78, 5) is 19.6. The number of methoxy groups -OCH3 is 2. The highest BCUT2D eigenvalue weighted by Crippen LogP contribution is 2.43. The van der Waals surface area contributed by atoms with Crippen molar-refractivity contribution in [1.29, 1.82) is 0 Å². The van der Waals surface area contributed by atoms with E-state index < -0.39 is 5.41 Å². The number of amides is 1. The van der Waals surface area contributed by atoms with E-state index in [1.54, 1.807) is 14.2 Å². The van der Waals surface area contributed by atoms with Gasteiger partial charge in [-0.2, -0.15) is 0 Å². The van der Waals surface area contributed by atoms with Crippen molar-refractivity contribution in [3.05, 3.63) is 42.0 Å². The van der Waals surface area contributed by atoms with E-state index in [1.165, 1.54) is 0 Å². The quantitative estimate of drug-likeness (QED) is 0.681.